The van der Waals surface area contributed by atoms with E-state index in [0.29, 0.717) is 12.0 Å². The number of fused-ring (bicyclic) bond motifs is 9. The standard InChI is InChI=1S/C35H30N2/c1-25-23-35-32(30-13-5-6-14-31(30)34-16-8-10-22-37(34)35)20-18-28-24-27(26-11-3-2-4-12-26)17-19-29(28)33-15-7-9-21-36(25)33/h2-17,19,21-22,24,32,35H,1,18,20,23H2/q+2. The largest absolute Gasteiger partial charge is 0.218 e. The molecule has 5 aromatic rings. The topological polar surface area (TPSA) is 7.76 Å². The Balaban J connectivity index is 1.42. The highest BCUT2D eigenvalue weighted by Crippen LogP contribution is 2.44. The van der Waals surface area contributed by atoms with Crippen LogP contribution >= 0.6 is 0 Å². The third kappa shape index (κ3) is 3.72. The SMILES string of the molecule is C=C1CC2C(CCc3cc(-c4ccccc4)ccc3-c3cccc[n+]31)c1ccccc1-c1cccc[n+]12. The zero-order chi connectivity index (χ0) is 24.8. The molecule has 178 valence electrons. The molecular weight excluding hydrogens is 448 g/mol. The number of allylic oxidation sites excluding steroid dienone is 1. The van der Waals surface area contributed by atoms with Crippen LogP contribution < -0.4 is 9.13 Å². The predicted molar refractivity (Wildman–Crippen MR) is 150 cm³/mol. The molecule has 2 aliphatic rings. The molecule has 3 aromatic carbocycles. The molecule has 0 radical (unpaired) electrons. The molecule has 2 aromatic heterocycles. The van der Waals surface area contributed by atoms with Gasteiger partial charge in [-0.3, -0.25) is 0 Å². The molecule has 0 amide bonds. The number of hydrogen-bond donors (Lipinski definition) is 0. The van der Waals surface area contributed by atoms with Crippen LogP contribution in [0.15, 0.2) is 128 Å². The number of rotatable bonds is 1. The van der Waals surface area contributed by atoms with Crippen molar-refractivity contribution in [3.63, 3.8) is 0 Å². The van der Waals surface area contributed by atoms with E-state index in [1.165, 1.54) is 44.8 Å². The number of aromatic nitrogens is 2. The van der Waals surface area contributed by atoms with Crippen molar-refractivity contribution in [3.8, 4) is 33.6 Å². The smallest absolute Gasteiger partial charge is 0.194 e. The Kier molecular flexibility index (Phi) is 5.32. The fraction of sp³-hybridized carbons (Fsp3) is 0.143. The lowest BCUT2D eigenvalue weighted by molar-refractivity contribution is -0.720. The van der Waals surface area contributed by atoms with Crippen LogP contribution in [0.25, 0.3) is 39.3 Å². The van der Waals surface area contributed by atoms with Gasteiger partial charge in [-0.1, -0.05) is 60.7 Å². The van der Waals surface area contributed by atoms with E-state index in [4.69, 9.17) is 0 Å². The third-order valence-electron chi connectivity index (χ3n) is 8.21. The van der Waals surface area contributed by atoms with Crippen LogP contribution in [0.2, 0.25) is 0 Å². The van der Waals surface area contributed by atoms with E-state index in [9.17, 15) is 0 Å². The highest BCUT2D eigenvalue weighted by atomic mass is 15.0. The van der Waals surface area contributed by atoms with Crippen molar-refractivity contribution in [1.82, 2.24) is 0 Å². The first-order chi connectivity index (χ1) is 18.3. The molecule has 0 spiro atoms. The van der Waals surface area contributed by atoms with E-state index in [0.717, 1.165) is 25.0 Å². The van der Waals surface area contributed by atoms with Gasteiger partial charge in [-0.15, -0.1) is 0 Å². The van der Waals surface area contributed by atoms with Crippen LogP contribution in [0.3, 0.4) is 0 Å². The van der Waals surface area contributed by atoms with Crippen LogP contribution in [0.4, 0.5) is 0 Å². The third-order valence-corrected chi connectivity index (χ3v) is 8.21. The summed E-state index contributed by atoms with van der Waals surface area (Å²) in [5.74, 6) is 0.409. The van der Waals surface area contributed by atoms with E-state index in [1.807, 2.05) is 0 Å². The minimum atomic E-state index is 0.318. The Bertz CT molecular complexity index is 1630. The fourth-order valence-corrected chi connectivity index (χ4v) is 6.47. The van der Waals surface area contributed by atoms with E-state index in [-0.39, 0.29) is 0 Å². The summed E-state index contributed by atoms with van der Waals surface area (Å²) in [5.41, 5.74) is 11.7. The Hall–Kier alpha value is -4.30. The highest BCUT2D eigenvalue weighted by Gasteiger charge is 2.42. The Labute approximate surface area is 218 Å². The molecular formula is C35H30N2+2. The Morgan fingerprint density at radius 3 is 2.30 bits per heavy atom. The van der Waals surface area contributed by atoms with Gasteiger partial charge in [0, 0.05) is 41.3 Å². The summed E-state index contributed by atoms with van der Waals surface area (Å²) < 4.78 is 4.82. The zero-order valence-electron chi connectivity index (χ0n) is 20.9. The van der Waals surface area contributed by atoms with Crippen molar-refractivity contribution in [2.75, 3.05) is 0 Å². The lowest BCUT2D eigenvalue weighted by Crippen LogP contribution is -2.49. The summed E-state index contributed by atoms with van der Waals surface area (Å²) in [6, 6.07) is 40.1. The lowest BCUT2D eigenvalue weighted by Gasteiger charge is -2.31. The molecule has 2 unspecified atom stereocenters. The van der Waals surface area contributed by atoms with Gasteiger partial charge in [-0.2, -0.15) is 9.13 Å². The maximum Gasteiger partial charge on any atom is 0.218 e. The summed E-state index contributed by atoms with van der Waals surface area (Å²) >= 11 is 0. The van der Waals surface area contributed by atoms with Gasteiger partial charge in [0.05, 0.1) is 6.42 Å². The van der Waals surface area contributed by atoms with Crippen molar-refractivity contribution < 1.29 is 9.13 Å². The monoisotopic (exact) mass is 478 g/mol. The van der Waals surface area contributed by atoms with Crippen molar-refractivity contribution in [1.29, 1.82) is 0 Å². The number of nitrogens with zero attached hydrogens (tertiary/aromatic N) is 2. The molecule has 4 heterocycles. The van der Waals surface area contributed by atoms with Gasteiger partial charge in [0.25, 0.3) is 0 Å². The molecule has 0 bridgehead atoms. The lowest BCUT2D eigenvalue weighted by atomic mass is 9.77. The number of hydrogen-bond acceptors (Lipinski definition) is 0. The van der Waals surface area contributed by atoms with Crippen molar-refractivity contribution in [2.24, 2.45) is 0 Å². The first kappa shape index (κ1) is 21.9. The summed E-state index contributed by atoms with van der Waals surface area (Å²) in [4.78, 5) is 0. The summed E-state index contributed by atoms with van der Waals surface area (Å²) in [6.45, 7) is 4.64. The molecule has 0 fully saturated rings. The van der Waals surface area contributed by atoms with Gasteiger partial charge in [0.1, 0.15) is 0 Å². The van der Waals surface area contributed by atoms with Crippen LogP contribution in [0.1, 0.15) is 35.9 Å². The molecule has 0 aliphatic carbocycles. The van der Waals surface area contributed by atoms with Gasteiger partial charge in [-0.25, -0.2) is 0 Å². The quantitative estimate of drug-likeness (QED) is 0.222. The minimum absolute atomic E-state index is 0.318. The number of benzene rings is 3. The Morgan fingerprint density at radius 2 is 1.41 bits per heavy atom. The molecule has 37 heavy (non-hydrogen) atoms. The predicted octanol–water partition coefficient (Wildman–Crippen LogP) is 7.41. The molecule has 2 heteroatoms. The second-order valence-electron chi connectivity index (χ2n) is 10.3. The van der Waals surface area contributed by atoms with E-state index in [2.05, 4.69) is 137 Å². The number of aryl methyl sites for hydroxylation is 1. The second-order valence-corrected chi connectivity index (χ2v) is 10.3. The maximum absolute atomic E-state index is 4.64. The fourth-order valence-electron chi connectivity index (χ4n) is 6.47. The van der Waals surface area contributed by atoms with Crippen LogP contribution in [-0.4, -0.2) is 0 Å². The molecule has 2 atom stereocenters. The normalized spacial score (nSPS) is 18.0. The van der Waals surface area contributed by atoms with Gasteiger partial charge in [0.2, 0.25) is 11.4 Å². The summed E-state index contributed by atoms with van der Waals surface area (Å²) in [7, 11) is 0. The number of pyridine rings is 2. The first-order valence-electron chi connectivity index (χ1n) is 13.2. The van der Waals surface area contributed by atoms with Crippen molar-refractivity contribution in [3.05, 3.63) is 139 Å². The second kappa shape index (κ2) is 8.97. The van der Waals surface area contributed by atoms with E-state index < -0.39 is 0 Å². The summed E-state index contributed by atoms with van der Waals surface area (Å²) in [6.07, 6.45) is 7.46. The first-order valence-corrected chi connectivity index (χ1v) is 13.2. The molecule has 2 nitrogen and oxygen atoms in total. The van der Waals surface area contributed by atoms with Gasteiger partial charge >= 0.3 is 0 Å². The average Bonchev–Trinajstić information content (AvgIpc) is 2.97. The average molecular weight is 479 g/mol. The van der Waals surface area contributed by atoms with Crippen LogP contribution in [0.5, 0.6) is 0 Å². The molecule has 0 saturated carbocycles. The summed E-state index contributed by atoms with van der Waals surface area (Å²) in [5, 5.41) is 0. The maximum atomic E-state index is 4.64. The highest BCUT2D eigenvalue weighted by molar-refractivity contribution is 5.72. The van der Waals surface area contributed by atoms with E-state index in [1.54, 1.807) is 0 Å². The molecule has 0 N–H and O–H groups in total. The van der Waals surface area contributed by atoms with Crippen LogP contribution in [0, 0.1) is 0 Å². The van der Waals surface area contributed by atoms with Gasteiger partial charge in [0.15, 0.2) is 24.1 Å². The molecule has 2 aliphatic heterocycles. The molecule has 7 rings (SSSR count). The minimum Gasteiger partial charge on any atom is -0.194 e. The van der Waals surface area contributed by atoms with Crippen molar-refractivity contribution >= 4 is 5.70 Å². The van der Waals surface area contributed by atoms with Crippen LogP contribution in [-0.2, 0) is 6.42 Å². The zero-order valence-corrected chi connectivity index (χ0v) is 20.9. The van der Waals surface area contributed by atoms with Gasteiger partial charge < -0.3 is 0 Å². The van der Waals surface area contributed by atoms with Gasteiger partial charge in [-0.05, 0) is 65.9 Å². The molecule has 0 saturated heterocycles. The van der Waals surface area contributed by atoms with Crippen molar-refractivity contribution in [2.45, 2.75) is 31.2 Å². The van der Waals surface area contributed by atoms with E-state index >= 15 is 0 Å². The Morgan fingerprint density at radius 1 is 0.649 bits per heavy atom.